The minimum Gasteiger partial charge on any atom is -0.325 e. The highest BCUT2D eigenvalue weighted by Gasteiger charge is 2.21. The molecule has 110 valence electrons. The summed E-state index contributed by atoms with van der Waals surface area (Å²) in [6.45, 7) is 7.51. The van der Waals surface area contributed by atoms with E-state index in [0.29, 0.717) is 13.1 Å². The van der Waals surface area contributed by atoms with E-state index >= 15 is 0 Å². The molecule has 0 unspecified atom stereocenters. The molecular formula is C15H20N6. The van der Waals surface area contributed by atoms with Crippen LogP contribution in [-0.2, 0) is 18.6 Å². The molecule has 0 bridgehead atoms. The molecule has 0 aliphatic heterocycles. The molecule has 0 radical (unpaired) electrons. The Morgan fingerprint density at radius 3 is 2.62 bits per heavy atom. The van der Waals surface area contributed by atoms with Crippen molar-refractivity contribution in [2.75, 3.05) is 0 Å². The van der Waals surface area contributed by atoms with Gasteiger partial charge in [0.2, 0.25) is 0 Å². The minimum atomic E-state index is -0.0529. The number of rotatable bonds is 3. The van der Waals surface area contributed by atoms with Gasteiger partial charge in [-0.15, -0.1) is 5.10 Å². The van der Waals surface area contributed by atoms with Crippen LogP contribution in [0.15, 0.2) is 30.5 Å². The van der Waals surface area contributed by atoms with Crippen molar-refractivity contribution in [3.63, 3.8) is 0 Å². The van der Waals surface area contributed by atoms with E-state index in [1.807, 2.05) is 24.4 Å². The first-order valence-corrected chi connectivity index (χ1v) is 7.05. The molecule has 0 atom stereocenters. The molecule has 0 aliphatic carbocycles. The second-order valence-corrected chi connectivity index (χ2v) is 6.13. The summed E-state index contributed by atoms with van der Waals surface area (Å²) in [6, 6.07) is 8.18. The monoisotopic (exact) mass is 284 g/mol. The highest BCUT2D eigenvalue weighted by Crippen LogP contribution is 2.25. The smallest absolute Gasteiger partial charge is 0.132 e. The number of fused-ring (bicyclic) bond motifs is 1. The maximum absolute atomic E-state index is 5.58. The van der Waals surface area contributed by atoms with Gasteiger partial charge >= 0.3 is 0 Å². The molecule has 0 fully saturated rings. The summed E-state index contributed by atoms with van der Waals surface area (Å²) in [4.78, 5) is 4.75. The fourth-order valence-electron chi connectivity index (χ4n) is 2.58. The van der Waals surface area contributed by atoms with E-state index in [0.717, 1.165) is 22.6 Å². The molecule has 3 aromatic rings. The van der Waals surface area contributed by atoms with Crippen molar-refractivity contribution in [1.82, 2.24) is 24.5 Å². The third-order valence-corrected chi connectivity index (χ3v) is 3.40. The lowest BCUT2D eigenvalue weighted by atomic mass is 10.1. The minimum absolute atomic E-state index is 0.0529. The summed E-state index contributed by atoms with van der Waals surface area (Å²) in [5.41, 5.74) is 8.45. The van der Waals surface area contributed by atoms with Crippen molar-refractivity contribution in [3.8, 4) is 0 Å². The first-order valence-electron chi connectivity index (χ1n) is 7.05. The lowest BCUT2D eigenvalue weighted by molar-refractivity contribution is 0.387. The van der Waals surface area contributed by atoms with Gasteiger partial charge in [-0.3, -0.25) is 0 Å². The average Bonchev–Trinajstić information content (AvgIpc) is 3.01. The summed E-state index contributed by atoms with van der Waals surface area (Å²) < 4.78 is 4.04. The van der Waals surface area contributed by atoms with Crippen molar-refractivity contribution >= 4 is 11.0 Å². The van der Waals surface area contributed by atoms with Crippen LogP contribution in [0.5, 0.6) is 0 Å². The molecule has 0 amide bonds. The van der Waals surface area contributed by atoms with Crippen LogP contribution in [0.2, 0.25) is 0 Å². The molecule has 0 saturated heterocycles. The van der Waals surface area contributed by atoms with Crippen molar-refractivity contribution in [3.05, 3.63) is 42.0 Å². The Labute approximate surface area is 123 Å². The number of hydrogen-bond donors (Lipinski definition) is 1. The van der Waals surface area contributed by atoms with Crippen molar-refractivity contribution in [1.29, 1.82) is 0 Å². The van der Waals surface area contributed by atoms with E-state index in [1.165, 1.54) is 0 Å². The van der Waals surface area contributed by atoms with Crippen molar-refractivity contribution in [2.24, 2.45) is 5.73 Å². The SMILES string of the molecule is CC(C)(C)n1c(Cn2cc(CN)nn2)nc2ccccc21. The van der Waals surface area contributed by atoms with Gasteiger partial charge in [0.15, 0.2) is 0 Å². The van der Waals surface area contributed by atoms with Crippen molar-refractivity contribution in [2.45, 2.75) is 39.4 Å². The largest absolute Gasteiger partial charge is 0.325 e. The zero-order chi connectivity index (χ0) is 15.0. The van der Waals surface area contributed by atoms with Crippen LogP contribution in [0.25, 0.3) is 11.0 Å². The molecule has 3 rings (SSSR count). The first-order chi connectivity index (χ1) is 9.99. The van der Waals surface area contributed by atoms with Gasteiger partial charge in [-0.05, 0) is 32.9 Å². The van der Waals surface area contributed by atoms with Crippen LogP contribution in [0.1, 0.15) is 32.3 Å². The average molecular weight is 284 g/mol. The van der Waals surface area contributed by atoms with Crippen LogP contribution >= 0.6 is 0 Å². The zero-order valence-electron chi connectivity index (χ0n) is 12.6. The van der Waals surface area contributed by atoms with Gasteiger partial charge in [0.25, 0.3) is 0 Å². The van der Waals surface area contributed by atoms with Gasteiger partial charge in [0, 0.05) is 12.1 Å². The maximum atomic E-state index is 5.58. The molecule has 2 N–H and O–H groups in total. The number of para-hydroxylation sites is 2. The lowest BCUT2D eigenvalue weighted by Gasteiger charge is -2.24. The molecule has 0 spiro atoms. The molecule has 2 heterocycles. The number of aromatic nitrogens is 5. The van der Waals surface area contributed by atoms with E-state index in [9.17, 15) is 0 Å². The van der Waals surface area contributed by atoms with E-state index in [1.54, 1.807) is 4.68 Å². The second kappa shape index (κ2) is 4.96. The summed E-state index contributed by atoms with van der Waals surface area (Å²) in [7, 11) is 0. The van der Waals surface area contributed by atoms with Gasteiger partial charge in [0.1, 0.15) is 12.4 Å². The molecule has 21 heavy (non-hydrogen) atoms. The Hall–Kier alpha value is -2.21. The molecule has 0 aliphatic rings. The van der Waals surface area contributed by atoms with Gasteiger partial charge in [-0.25, -0.2) is 9.67 Å². The van der Waals surface area contributed by atoms with Crippen LogP contribution in [0.4, 0.5) is 0 Å². The Morgan fingerprint density at radius 2 is 1.95 bits per heavy atom. The standard InChI is InChI=1S/C15H20N6/c1-15(2,3)21-13-7-5-4-6-12(13)17-14(21)10-20-9-11(8-16)18-19-20/h4-7,9H,8,10,16H2,1-3H3. The fourth-order valence-corrected chi connectivity index (χ4v) is 2.58. The van der Waals surface area contributed by atoms with Crippen LogP contribution in [0.3, 0.4) is 0 Å². The fraction of sp³-hybridized carbons (Fsp3) is 0.400. The molecule has 0 saturated carbocycles. The quantitative estimate of drug-likeness (QED) is 0.797. The number of hydrogen-bond acceptors (Lipinski definition) is 4. The van der Waals surface area contributed by atoms with Gasteiger partial charge in [-0.2, -0.15) is 0 Å². The van der Waals surface area contributed by atoms with Gasteiger partial charge in [-0.1, -0.05) is 17.3 Å². The highest BCUT2D eigenvalue weighted by molar-refractivity contribution is 5.76. The molecular weight excluding hydrogens is 264 g/mol. The second-order valence-electron chi connectivity index (χ2n) is 6.13. The third-order valence-electron chi connectivity index (χ3n) is 3.40. The molecule has 6 heteroatoms. The molecule has 2 aromatic heterocycles. The Morgan fingerprint density at radius 1 is 1.19 bits per heavy atom. The van der Waals surface area contributed by atoms with E-state index in [-0.39, 0.29) is 5.54 Å². The first kappa shape index (κ1) is 13.8. The van der Waals surface area contributed by atoms with Crippen LogP contribution in [-0.4, -0.2) is 24.5 Å². The Bertz CT molecular complexity index is 762. The third kappa shape index (κ3) is 2.54. The number of nitrogens with zero attached hydrogens (tertiary/aromatic N) is 5. The van der Waals surface area contributed by atoms with Crippen LogP contribution < -0.4 is 5.73 Å². The van der Waals surface area contributed by atoms with Crippen molar-refractivity contribution < 1.29 is 0 Å². The topological polar surface area (TPSA) is 74.5 Å². The van der Waals surface area contributed by atoms with E-state index in [4.69, 9.17) is 10.7 Å². The van der Waals surface area contributed by atoms with Gasteiger partial charge < -0.3 is 10.3 Å². The molecule has 1 aromatic carbocycles. The summed E-state index contributed by atoms with van der Waals surface area (Å²) >= 11 is 0. The maximum Gasteiger partial charge on any atom is 0.132 e. The zero-order valence-corrected chi connectivity index (χ0v) is 12.6. The number of nitrogens with two attached hydrogens (primary N) is 1. The predicted octanol–water partition coefficient (Wildman–Crippen LogP) is 1.89. The lowest BCUT2D eigenvalue weighted by Crippen LogP contribution is -2.25. The summed E-state index contributed by atoms with van der Waals surface area (Å²) in [5, 5.41) is 8.14. The predicted molar refractivity (Wildman–Crippen MR) is 81.7 cm³/mol. The van der Waals surface area contributed by atoms with E-state index in [2.05, 4.69) is 41.7 Å². The summed E-state index contributed by atoms with van der Waals surface area (Å²) in [6.07, 6.45) is 1.87. The Kier molecular flexibility index (Phi) is 3.25. The number of imidazole rings is 1. The van der Waals surface area contributed by atoms with Gasteiger partial charge in [0.05, 0.1) is 22.9 Å². The normalized spacial score (nSPS) is 12.2. The van der Waals surface area contributed by atoms with Crippen LogP contribution in [0, 0.1) is 0 Å². The molecule has 6 nitrogen and oxygen atoms in total. The summed E-state index contributed by atoms with van der Waals surface area (Å²) in [5.74, 6) is 0.970. The highest BCUT2D eigenvalue weighted by atomic mass is 15.4. The Balaban J connectivity index is 2.08. The van der Waals surface area contributed by atoms with E-state index < -0.39 is 0 Å². The number of benzene rings is 1.